The second kappa shape index (κ2) is 6.69. The van der Waals surface area contributed by atoms with Crippen molar-refractivity contribution in [2.45, 2.75) is 6.92 Å². The minimum atomic E-state index is -3.85. The highest BCUT2D eigenvalue weighted by Crippen LogP contribution is 2.34. The molecule has 6 nitrogen and oxygen atoms in total. The highest BCUT2D eigenvalue weighted by Gasteiger charge is 2.43. The minimum absolute atomic E-state index is 0.0262. The highest BCUT2D eigenvalue weighted by atomic mass is 35.5. The molecule has 1 aliphatic rings. The van der Waals surface area contributed by atoms with E-state index in [1.807, 2.05) is 0 Å². The lowest BCUT2D eigenvalue weighted by Gasteiger charge is -2.17. The van der Waals surface area contributed by atoms with Crippen LogP contribution in [-0.4, -0.2) is 26.0 Å². The number of carbonyl (C=O) groups is 2. The number of benzene rings is 2. The van der Waals surface area contributed by atoms with Crippen molar-refractivity contribution >= 4 is 44.8 Å². The van der Waals surface area contributed by atoms with E-state index in [-0.39, 0.29) is 27.7 Å². The minimum Gasteiger partial charge on any atom is -0.322 e. The maximum absolute atomic E-state index is 13.2. The Morgan fingerprint density at radius 3 is 2.62 bits per heavy atom. The third kappa shape index (κ3) is 3.42. The molecular weight excluding hydrogens is 383 g/mol. The Morgan fingerprint density at radius 1 is 1.27 bits per heavy atom. The van der Waals surface area contributed by atoms with Gasteiger partial charge in [-0.2, -0.15) is 0 Å². The monoisotopic (exact) mass is 396 g/mol. The van der Waals surface area contributed by atoms with Crippen LogP contribution >= 0.6 is 11.6 Å². The molecule has 3 rings (SSSR count). The molecule has 2 amide bonds. The molecule has 1 unspecified atom stereocenters. The Kier molecular flexibility index (Phi) is 4.72. The molecule has 26 heavy (non-hydrogen) atoms. The number of anilines is 2. The smallest absolute Gasteiger partial charge is 0.255 e. The van der Waals surface area contributed by atoms with Gasteiger partial charge in [-0.1, -0.05) is 24.6 Å². The fourth-order valence-corrected chi connectivity index (χ4v) is 4.73. The first kappa shape index (κ1) is 18.3. The van der Waals surface area contributed by atoms with Gasteiger partial charge in [0.2, 0.25) is 15.9 Å². The standard InChI is InChI=1S/C17H14ClFN2O4S/c1-10-9-26(24,25)21(17(10)23)15-7-11(5-6-14(15)18)16(22)20-13-4-2-3-12(19)8-13/h2-8,10H,9H2,1H3,(H,20,22). The molecule has 1 aliphatic heterocycles. The number of sulfonamides is 1. The SMILES string of the molecule is CC1CS(=O)(=O)N(c2cc(C(=O)Nc3cccc(F)c3)ccc2Cl)C1=O. The lowest BCUT2D eigenvalue weighted by atomic mass is 10.1. The van der Waals surface area contributed by atoms with Gasteiger partial charge in [0.25, 0.3) is 5.91 Å². The Bertz CT molecular complexity index is 1010. The van der Waals surface area contributed by atoms with Crippen LogP contribution in [0.25, 0.3) is 0 Å². The average Bonchev–Trinajstić information content (AvgIpc) is 2.76. The van der Waals surface area contributed by atoms with Gasteiger partial charge < -0.3 is 5.32 Å². The van der Waals surface area contributed by atoms with Crippen LogP contribution in [-0.2, 0) is 14.8 Å². The molecule has 0 bridgehead atoms. The maximum Gasteiger partial charge on any atom is 0.255 e. The second-order valence-electron chi connectivity index (χ2n) is 5.91. The molecule has 2 aromatic carbocycles. The Morgan fingerprint density at radius 2 is 2.00 bits per heavy atom. The molecule has 136 valence electrons. The number of amides is 2. The number of carbonyl (C=O) groups excluding carboxylic acids is 2. The molecule has 0 aliphatic carbocycles. The molecule has 9 heteroatoms. The zero-order valence-electron chi connectivity index (χ0n) is 13.6. The van der Waals surface area contributed by atoms with Crippen molar-refractivity contribution in [3.8, 4) is 0 Å². The van der Waals surface area contributed by atoms with E-state index in [2.05, 4.69) is 5.32 Å². The summed E-state index contributed by atoms with van der Waals surface area (Å²) in [6.07, 6.45) is 0. The maximum atomic E-state index is 13.2. The van der Waals surface area contributed by atoms with Crippen LogP contribution in [0, 0.1) is 11.7 Å². The van der Waals surface area contributed by atoms with Gasteiger partial charge in [0, 0.05) is 11.3 Å². The van der Waals surface area contributed by atoms with E-state index in [9.17, 15) is 22.4 Å². The van der Waals surface area contributed by atoms with Crippen molar-refractivity contribution in [1.29, 1.82) is 0 Å². The summed E-state index contributed by atoms with van der Waals surface area (Å²) in [6.45, 7) is 1.51. The molecule has 0 saturated carbocycles. The van der Waals surface area contributed by atoms with Crippen LogP contribution in [0.4, 0.5) is 15.8 Å². The molecule has 1 saturated heterocycles. The van der Waals surface area contributed by atoms with Gasteiger partial charge in [-0.25, -0.2) is 17.1 Å². The van der Waals surface area contributed by atoms with Gasteiger partial charge in [0.05, 0.1) is 22.4 Å². The van der Waals surface area contributed by atoms with E-state index in [1.165, 1.54) is 43.3 Å². The number of nitrogens with zero attached hydrogens (tertiary/aromatic N) is 1. The van der Waals surface area contributed by atoms with Crippen molar-refractivity contribution in [3.05, 3.63) is 58.9 Å². The third-order valence-corrected chi connectivity index (χ3v) is 6.04. The summed E-state index contributed by atoms with van der Waals surface area (Å²) in [5.41, 5.74) is 0.245. The summed E-state index contributed by atoms with van der Waals surface area (Å²) < 4.78 is 38.4. The number of nitrogens with one attached hydrogen (secondary N) is 1. The van der Waals surface area contributed by atoms with Crippen molar-refractivity contribution in [2.75, 3.05) is 15.4 Å². The summed E-state index contributed by atoms with van der Waals surface area (Å²) in [5, 5.41) is 2.53. The van der Waals surface area contributed by atoms with Crippen molar-refractivity contribution < 1.29 is 22.4 Å². The van der Waals surface area contributed by atoms with Crippen molar-refractivity contribution in [2.24, 2.45) is 5.92 Å². The first-order valence-electron chi connectivity index (χ1n) is 7.62. The molecule has 0 spiro atoms. The van der Waals surface area contributed by atoms with Crippen LogP contribution in [0.3, 0.4) is 0 Å². The lowest BCUT2D eigenvalue weighted by Crippen LogP contribution is -2.30. The zero-order chi connectivity index (χ0) is 19.1. The summed E-state index contributed by atoms with van der Waals surface area (Å²) >= 11 is 6.06. The van der Waals surface area contributed by atoms with Crippen LogP contribution < -0.4 is 9.62 Å². The van der Waals surface area contributed by atoms with E-state index in [1.54, 1.807) is 0 Å². The summed E-state index contributed by atoms with van der Waals surface area (Å²) in [4.78, 5) is 24.6. The summed E-state index contributed by atoms with van der Waals surface area (Å²) in [6, 6.07) is 9.28. The molecule has 0 aromatic heterocycles. The molecule has 0 radical (unpaired) electrons. The fraction of sp³-hybridized carbons (Fsp3) is 0.176. The van der Waals surface area contributed by atoms with E-state index in [0.29, 0.717) is 4.31 Å². The van der Waals surface area contributed by atoms with Crippen LogP contribution in [0.5, 0.6) is 0 Å². The molecule has 2 aromatic rings. The van der Waals surface area contributed by atoms with E-state index in [4.69, 9.17) is 11.6 Å². The fourth-order valence-electron chi connectivity index (χ4n) is 2.65. The van der Waals surface area contributed by atoms with Crippen molar-refractivity contribution in [3.63, 3.8) is 0 Å². The Labute approximate surface area is 154 Å². The van der Waals surface area contributed by atoms with Gasteiger partial charge in [-0.15, -0.1) is 0 Å². The summed E-state index contributed by atoms with van der Waals surface area (Å²) in [7, 11) is -3.85. The second-order valence-corrected chi connectivity index (χ2v) is 8.18. The Hall–Kier alpha value is -2.45. The van der Waals surface area contributed by atoms with Crippen LogP contribution in [0.15, 0.2) is 42.5 Å². The largest absolute Gasteiger partial charge is 0.322 e. The Balaban J connectivity index is 1.95. The highest BCUT2D eigenvalue weighted by molar-refractivity contribution is 7.94. The van der Waals surface area contributed by atoms with Gasteiger partial charge in [0.15, 0.2) is 0 Å². The van der Waals surface area contributed by atoms with E-state index >= 15 is 0 Å². The van der Waals surface area contributed by atoms with E-state index in [0.717, 1.165) is 6.07 Å². The average molecular weight is 397 g/mol. The molecular formula is C17H14ClFN2O4S. The molecule has 1 heterocycles. The molecule has 1 N–H and O–H groups in total. The third-order valence-electron chi connectivity index (χ3n) is 3.87. The zero-order valence-corrected chi connectivity index (χ0v) is 15.1. The predicted molar refractivity (Wildman–Crippen MR) is 96.2 cm³/mol. The summed E-state index contributed by atoms with van der Waals surface area (Å²) in [5.74, 6) is -2.72. The first-order valence-corrected chi connectivity index (χ1v) is 9.61. The topological polar surface area (TPSA) is 83.6 Å². The quantitative estimate of drug-likeness (QED) is 0.864. The normalized spacial score (nSPS) is 18.8. The van der Waals surface area contributed by atoms with Crippen LogP contribution in [0.2, 0.25) is 5.02 Å². The van der Waals surface area contributed by atoms with Crippen LogP contribution in [0.1, 0.15) is 17.3 Å². The lowest BCUT2D eigenvalue weighted by molar-refractivity contribution is -0.119. The number of hydrogen-bond acceptors (Lipinski definition) is 4. The number of rotatable bonds is 3. The van der Waals surface area contributed by atoms with Crippen molar-refractivity contribution in [1.82, 2.24) is 0 Å². The van der Waals surface area contributed by atoms with Gasteiger partial charge >= 0.3 is 0 Å². The van der Waals surface area contributed by atoms with Gasteiger partial charge in [-0.3, -0.25) is 9.59 Å². The predicted octanol–water partition coefficient (Wildman–Crippen LogP) is 3.04. The van der Waals surface area contributed by atoms with Gasteiger partial charge in [-0.05, 0) is 36.4 Å². The first-order chi connectivity index (χ1) is 12.2. The molecule has 1 atom stereocenters. The van der Waals surface area contributed by atoms with E-state index < -0.39 is 33.6 Å². The number of halogens is 2. The molecule has 1 fully saturated rings. The number of hydrogen-bond donors (Lipinski definition) is 1. The van der Waals surface area contributed by atoms with Gasteiger partial charge in [0.1, 0.15) is 5.82 Å².